The van der Waals surface area contributed by atoms with E-state index in [1.54, 1.807) is 6.07 Å². The van der Waals surface area contributed by atoms with Gasteiger partial charge in [0.2, 0.25) is 5.91 Å². The summed E-state index contributed by atoms with van der Waals surface area (Å²) in [5, 5.41) is 5.93. The van der Waals surface area contributed by atoms with Crippen molar-refractivity contribution >= 4 is 5.91 Å². The lowest BCUT2D eigenvalue weighted by molar-refractivity contribution is -0.120. The Labute approximate surface area is 112 Å². The Balaban J connectivity index is 1.68. The Bertz CT molecular complexity index is 451. The summed E-state index contributed by atoms with van der Waals surface area (Å²) < 4.78 is 18.7. The number of fused-ring (bicyclic) bond motifs is 1. The molecule has 5 heteroatoms. The monoisotopic (exact) mass is 266 g/mol. The first kappa shape index (κ1) is 13.8. The van der Waals surface area contributed by atoms with Crippen LogP contribution in [0.15, 0.2) is 18.2 Å². The Hall–Kier alpha value is -1.62. The minimum absolute atomic E-state index is 0.0195. The fraction of sp³-hybridized carbons (Fsp3) is 0.500. The molecule has 4 nitrogen and oxygen atoms in total. The molecule has 0 spiro atoms. The van der Waals surface area contributed by atoms with E-state index in [-0.39, 0.29) is 17.8 Å². The van der Waals surface area contributed by atoms with Crippen LogP contribution in [0.2, 0.25) is 0 Å². The van der Waals surface area contributed by atoms with Crippen LogP contribution in [0.4, 0.5) is 4.39 Å². The van der Waals surface area contributed by atoms with Crippen LogP contribution < -0.4 is 15.4 Å². The van der Waals surface area contributed by atoms with Crippen LogP contribution >= 0.6 is 0 Å². The van der Waals surface area contributed by atoms with Crippen LogP contribution in [-0.4, -0.2) is 31.6 Å². The van der Waals surface area contributed by atoms with E-state index in [0.29, 0.717) is 32.5 Å². The van der Waals surface area contributed by atoms with Gasteiger partial charge in [0.15, 0.2) is 0 Å². The molecule has 1 aliphatic heterocycles. The predicted octanol–water partition coefficient (Wildman–Crippen LogP) is 1.24. The van der Waals surface area contributed by atoms with Crippen molar-refractivity contribution in [3.05, 3.63) is 29.6 Å². The number of hydrogen-bond acceptors (Lipinski definition) is 3. The summed E-state index contributed by atoms with van der Waals surface area (Å²) in [5.41, 5.74) is 0.913. The second kappa shape index (κ2) is 6.52. The van der Waals surface area contributed by atoms with Gasteiger partial charge in [0.25, 0.3) is 0 Å². The minimum Gasteiger partial charge on any atom is -0.488 e. The smallest absolute Gasteiger partial charge is 0.221 e. The maximum atomic E-state index is 13.0. The van der Waals surface area contributed by atoms with E-state index in [2.05, 4.69) is 10.6 Å². The highest BCUT2D eigenvalue weighted by Gasteiger charge is 2.22. The molecule has 1 unspecified atom stereocenters. The molecule has 1 aromatic carbocycles. The van der Waals surface area contributed by atoms with E-state index in [1.165, 1.54) is 12.1 Å². The molecule has 0 saturated carbocycles. The molecule has 0 radical (unpaired) electrons. The molecule has 1 heterocycles. The summed E-state index contributed by atoms with van der Waals surface area (Å²) in [6.07, 6.45) is 1.19. The Kier molecular flexibility index (Phi) is 4.74. The van der Waals surface area contributed by atoms with Crippen LogP contribution in [0.5, 0.6) is 5.75 Å². The molecule has 0 saturated heterocycles. The molecule has 0 bridgehead atoms. The number of benzene rings is 1. The number of carbonyl (C=O) groups excluding carboxylic acids is 1. The number of nitrogens with one attached hydrogen (secondary N) is 2. The lowest BCUT2D eigenvalue weighted by Crippen LogP contribution is -2.33. The molecule has 1 amide bonds. The summed E-state index contributed by atoms with van der Waals surface area (Å²) in [5.74, 6) is 0.580. The standard InChI is InChI=1S/C14H19FN2O2/c1-2-17-14(18)5-6-16-9-12-8-10-7-11(15)3-4-13(10)19-12/h3-4,7,12,16H,2,5-6,8-9H2,1H3,(H,17,18). The third-order valence-corrected chi connectivity index (χ3v) is 3.04. The molecule has 0 aliphatic carbocycles. The molecule has 19 heavy (non-hydrogen) atoms. The first-order valence-electron chi connectivity index (χ1n) is 6.61. The number of ether oxygens (including phenoxy) is 1. The third kappa shape index (κ3) is 3.92. The zero-order valence-corrected chi connectivity index (χ0v) is 11.0. The normalized spacial score (nSPS) is 16.8. The van der Waals surface area contributed by atoms with Crippen molar-refractivity contribution in [2.45, 2.75) is 25.9 Å². The van der Waals surface area contributed by atoms with Crippen molar-refractivity contribution in [1.29, 1.82) is 0 Å². The summed E-state index contributed by atoms with van der Waals surface area (Å²) in [4.78, 5) is 11.2. The number of rotatable bonds is 6. The molecule has 0 fully saturated rings. The maximum Gasteiger partial charge on any atom is 0.221 e. The highest BCUT2D eigenvalue weighted by molar-refractivity contribution is 5.75. The Morgan fingerprint density at radius 2 is 2.37 bits per heavy atom. The van der Waals surface area contributed by atoms with Gasteiger partial charge in [-0.3, -0.25) is 4.79 Å². The average molecular weight is 266 g/mol. The van der Waals surface area contributed by atoms with Crippen molar-refractivity contribution < 1.29 is 13.9 Å². The molecule has 0 aromatic heterocycles. The predicted molar refractivity (Wildman–Crippen MR) is 70.7 cm³/mol. The van der Waals surface area contributed by atoms with Gasteiger partial charge in [-0.15, -0.1) is 0 Å². The van der Waals surface area contributed by atoms with Crippen LogP contribution in [-0.2, 0) is 11.2 Å². The molecular formula is C14H19FN2O2. The van der Waals surface area contributed by atoms with Gasteiger partial charge in [-0.1, -0.05) is 0 Å². The van der Waals surface area contributed by atoms with Crippen LogP contribution in [0.1, 0.15) is 18.9 Å². The highest BCUT2D eigenvalue weighted by Crippen LogP contribution is 2.28. The number of hydrogen-bond donors (Lipinski definition) is 2. The largest absolute Gasteiger partial charge is 0.488 e. The first-order valence-corrected chi connectivity index (χ1v) is 6.61. The van der Waals surface area contributed by atoms with Crippen molar-refractivity contribution in [3.8, 4) is 5.75 Å². The molecule has 104 valence electrons. The van der Waals surface area contributed by atoms with E-state index in [0.717, 1.165) is 11.3 Å². The van der Waals surface area contributed by atoms with E-state index >= 15 is 0 Å². The van der Waals surface area contributed by atoms with Crippen LogP contribution in [0, 0.1) is 5.82 Å². The lowest BCUT2D eigenvalue weighted by atomic mass is 10.1. The first-order chi connectivity index (χ1) is 9.19. The van der Waals surface area contributed by atoms with Crippen molar-refractivity contribution in [1.82, 2.24) is 10.6 Å². The Morgan fingerprint density at radius 3 is 3.16 bits per heavy atom. The molecule has 1 aliphatic rings. The summed E-state index contributed by atoms with van der Waals surface area (Å²) in [6, 6.07) is 4.59. The zero-order valence-electron chi connectivity index (χ0n) is 11.0. The third-order valence-electron chi connectivity index (χ3n) is 3.04. The second-order valence-corrected chi connectivity index (χ2v) is 4.60. The Morgan fingerprint density at radius 1 is 1.53 bits per heavy atom. The van der Waals surface area contributed by atoms with Gasteiger partial charge in [0.05, 0.1) is 0 Å². The zero-order chi connectivity index (χ0) is 13.7. The summed E-state index contributed by atoms with van der Waals surface area (Å²) in [7, 11) is 0. The molecule has 2 rings (SSSR count). The van der Waals surface area contributed by atoms with Gasteiger partial charge in [-0.2, -0.15) is 0 Å². The van der Waals surface area contributed by atoms with Gasteiger partial charge in [0.1, 0.15) is 17.7 Å². The maximum absolute atomic E-state index is 13.0. The van der Waals surface area contributed by atoms with E-state index in [1.807, 2.05) is 6.92 Å². The quantitative estimate of drug-likeness (QED) is 0.762. The van der Waals surface area contributed by atoms with E-state index < -0.39 is 0 Å². The van der Waals surface area contributed by atoms with Gasteiger partial charge in [-0.25, -0.2) is 4.39 Å². The molecule has 1 aromatic rings. The van der Waals surface area contributed by atoms with Gasteiger partial charge in [0, 0.05) is 38.0 Å². The lowest BCUT2D eigenvalue weighted by Gasteiger charge is -2.11. The summed E-state index contributed by atoms with van der Waals surface area (Å²) in [6.45, 7) is 3.84. The van der Waals surface area contributed by atoms with Gasteiger partial charge >= 0.3 is 0 Å². The number of amides is 1. The molecule has 1 atom stereocenters. The van der Waals surface area contributed by atoms with Crippen LogP contribution in [0.3, 0.4) is 0 Å². The fourth-order valence-corrected chi connectivity index (χ4v) is 2.15. The van der Waals surface area contributed by atoms with E-state index in [9.17, 15) is 9.18 Å². The average Bonchev–Trinajstić information content (AvgIpc) is 2.77. The number of carbonyl (C=O) groups is 1. The highest BCUT2D eigenvalue weighted by atomic mass is 19.1. The SMILES string of the molecule is CCNC(=O)CCNCC1Cc2cc(F)ccc2O1. The van der Waals surface area contributed by atoms with Crippen molar-refractivity contribution in [2.75, 3.05) is 19.6 Å². The molecular weight excluding hydrogens is 247 g/mol. The van der Waals surface area contributed by atoms with Crippen LogP contribution in [0.25, 0.3) is 0 Å². The molecule has 2 N–H and O–H groups in total. The van der Waals surface area contributed by atoms with Crippen molar-refractivity contribution in [2.24, 2.45) is 0 Å². The second-order valence-electron chi connectivity index (χ2n) is 4.60. The number of halogens is 1. The van der Waals surface area contributed by atoms with Gasteiger partial charge in [-0.05, 0) is 25.1 Å². The summed E-state index contributed by atoms with van der Waals surface area (Å²) >= 11 is 0. The topological polar surface area (TPSA) is 50.4 Å². The van der Waals surface area contributed by atoms with Crippen molar-refractivity contribution in [3.63, 3.8) is 0 Å². The fourth-order valence-electron chi connectivity index (χ4n) is 2.15. The van der Waals surface area contributed by atoms with Gasteiger partial charge < -0.3 is 15.4 Å². The van der Waals surface area contributed by atoms with E-state index in [4.69, 9.17) is 4.74 Å². The minimum atomic E-state index is -0.229.